The van der Waals surface area contributed by atoms with Gasteiger partial charge in [0.05, 0.1) is 23.7 Å². The third-order valence-electron chi connectivity index (χ3n) is 4.13. The average molecular weight is 491 g/mol. The van der Waals surface area contributed by atoms with Gasteiger partial charge in [-0.25, -0.2) is 4.79 Å². The van der Waals surface area contributed by atoms with Crippen LogP contribution in [0.4, 0.5) is 4.79 Å². The van der Waals surface area contributed by atoms with E-state index in [2.05, 4.69) is 31.9 Å². The zero-order valence-corrected chi connectivity index (χ0v) is 18.9. The van der Waals surface area contributed by atoms with E-state index in [9.17, 15) is 4.79 Å². The molecule has 1 unspecified atom stereocenters. The standard InChI is InChI=1S/C19H25Br2NO4/c1-19(2,3)26-18(23)22-9-8-12-10-15(24-4)16(25-5)11-13(12)14(22)6-7-17(20)21/h7,10-11,14H,6,8-9H2,1-5H3. The number of methoxy groups -OCH3 is 2. The molecular formula is C19H25Br2NO4. The Morgan fingerprint density at radius 1 is 1.23 bits per heavy atom. The minimum atomic E-state index is -0.536. The Kier molecular flexibility index (Phi) is 7.02. The van der Waals surface area contributed by atoms with Gasteiger partial charge in [0, 0.05) is 6.54 Å². The van der Waals surface area contributed by atoms with Crippen molar-refractivity contribution in [1.29, 1.82) is 0 Å². The molecule has 0 radical (unpaired) electrons. The number of hydrogen-bond acceptors (Lipinski definition) is 4. The molecule has 5 nitrogen and oxygen atoms in total. The zero-order valence-electron chi connectivity index (χ0n) is 15.8. The molecule has 1 heterocycles. The summed E-state index contributed by atoms with van der Waals surface area (Å²) in [6.07, 6.45) is 3.08. The van der Waals surface area contributed by atoms with E-state index in [1.807, 2.05) is 39.0 Å². The molecular weight excluding hydrogens is 466 g/mol. The molecule has 0 aromatic heterocycles. The number of amides is 1. The van der Waals surface area contributed by atoms with Crippen LogP contribution in [0.1, 0.15) is 44.4 Å². The molecule has 1 aromatic carbocycles. The molecule has 1 aliphatic rings. The highest BCUT2D eigenvalue weighted by atomic mass is 79.9. The molecule has 1 aliphatic heterocycles. The maximum absolute atomic E-state index is 12.8. The Morgan fingerprint density at radius 3 is 2.38 bits per heavy atom. The van der Waals surface area contributed by atoms with Crippen LogP contribution in [-0.4, -0.2) is 37.4 Å². The van der Waals surface area contributed by atoms with Crippen LogP contribution in [0.2, 0.25) is 0 Å². The predicted octanol–water partition coefficient (Wildman–Crippen LogP) is 5.56. The van der Waals surface area contributed by atoms with Crippen molar-refractivity contribution in [2.45, 2.75) is 45.3 Å². The largest absolute Gasteiger partial charge is 0.493 e. The van der Waals surface area contributed by atoms with E-state index >= 15 is 0 Å². The first-order chi connectivity index (χ1) is 12.2. The second-order valence-corrected chi connectivity index (χ2v) is 9.85. The van der Waals surface area contributed by atoms with Gasteiger partial charge in [-0.05, 0) is 88.7 Å². The molecule has 2 rings (SSSR count). The first kappa shape index (κ1) is 21.1. The molecule has 26 heavy (non-hydrogen) atoms. The molecule has 1 atom stereocenters. The van der Waals surface area contributed by atoms with Gasteiger partial charge in [0.25, 0.3) is 0 Å². The summed E-state index contributed by atoms with van der Waals surface area (Å²) >= 11 is 6.79. The summed E-state index contributed by atoms with van der Waals surface area (Å²) in [5.74, 6) is 1.36. The summed E-state index contributed by atoms with van der Waals surface area (Å²) in [7, 11) is 3.24. The highest BCUT2D eigenvalue weighted by molar-refractivity contribution is 9.28. The van der Waals surface area contributed by atoms with Gasteiger partial charge in [-0.3, -0.25) is 0 Å². The minimum Gasteiger partial charge on any atom is -0.493 e. The smallest absolute Gasteiger partial charge is 0.410 e. The fourth-order valence-electron chi connectivity index (χ4n) is 3.02. The number of rotatable bonds is 4. The summed E-state index contributed by atoms with van der Waals surface area (Å²) in [5.41, 5.74) is 1.68. The quantitative estimate of drug-likeness (QED) is 0.554. The third-order valence-corrected chi connectivity index (χ3v) is 4.77. The number of halogens is 2. The van der Waals surface area contributed by atoms with Gasteiger partial charge in [-0.2, -0.15) is 0 Å². The summed E-state index contributed by atoms with van der Waals surface area (Å²) in [4.78, 5) is 14.6. The first-order valence-electron chi connectivity index (χ1n) is 8.42. The summed E-state index contributed by atoms with van der Waals surface area (Å²) < 4.78 is 17.3. The lowest BCUT2D eigenvalue weighted by Gasteiger charge is -2.38. The maximum atomic E-state index is 12.8. The van der Waals surface area contributed by atoms with Crippen LogP contribution < -0.4 is 9.47 Å². The summed E-state index contributed by atoms with van der Waals surface area (Å²) in [6, 6.07) is 3.82. The van der Waals surface area contributed by atoms with Gasteiger partial charge >= 0.3 is 6.09 Å². The van der Waals surface area contributed by atoms with E-state index in [-0.39, 0.29) is 12.1 Å². The van der Waals surface area contributed by atoms with Crippen molar-refractivity contribution in [2.75, 3.05) is 20.8 Å². The van der Waals surface area contributed by atoms with E-state index < -0.39 is 5.60 Å². The Morgan fingerprint density at radius 2 is 1.85 bits per heavy atom. The Hall–Kier alpha value is -1.21. The monoisotopic (exact) mass is 489 g/mol. The van der Waals surface area contributed by atoms with Gasteiger partial charge in [0.1, 0.15) is 5.60 Å². The first-order valence-corrected chi connectivity index (χ1v) is 10.0. The Labute approximate surface area is 171 Å². The van der Waals surface area contributed by atoms with E-state index in [1.165, 1.54) is 0 Å². The average Bonchev–Trinajstić information content (AvgIpc) is 2.56. The Balaban J connectivity index is 2.44. The van der Waals surface area contributed by atoms with E-state index in [0.29, 0.717) is 24.5 Å². The lowest BCUT2D eigenvalue weighted by atomic mass is 9.90. The molecule has 0 saturated carbocycles. The number of carbonyl (C=O) groups is 1. The number of fused-ring (bicyclic) bond motifs is 1. The van der Waals surface area contributed by atoms with Gasteiger partial charge in [-0.1, -0.05) is 6.08 Å². The highest BCUT2D eigenvalue weighted by Crippen LogP contribution is 2.40. The van der Waals surface area contributed by atoms with Crippen molar-refractivity contribution in [3.05, 3.63) is 32.7 Å². The van der Waals surface area contributed by atoms with E-state index in [0.717, 1.165) is 20.9 Å². The van der Waals surface area contributed by atoms with Crippen molar-refractivity contribution in [3.63, 3.8) is 0 Å². The molecule has 144 valence electrons. The van der Waals surface area contributed by atoms with Crippen molar-refractivity contribution in [3.8, 4) is 11.5 Å². The summed E-state index contributed by atoms with van der Waals surface area (Å²) in [6.45, 7) is 6.22. The number of hydrogen-bond donors (Lipinski definition) is 0. The maximum Gasteiger partial charge on any atom is 0.410 e. The van der Waals surface area contributed by atoms with E-state index in [4.69, 9.17) is 14.2 Å². The van der Waals surface area contributed by atoms with Gasteiger partial charge in [-0.15, -0.1) is 0 Å². The fraction of sp³-hybridized carbons (Fsp3) is 0.526. The Bertz CT molecular complexity index is 694. The predicted molar refractivity (Wildman–Crippen MR) is 109 cm³/mol. The van der Waals surface area contributed by atoms with Crippen molar-refractivity contribution >= 4 is 38.0 Å². The lowest BCUT2D eigenvalue weighted by molar-refractivity contribution is 0.0143. The van der Waals surface area contributed by atoms with E-state index in [1.54, 1.807) is 19.1 Å². The molecule has 1 amide bonds. The zero-order chi connectivity index (χ0) is 19.5. The van der Waals surface area contributed by atoms with Crippen molar-refractivity contribution < 1.29 is 19.0 Å². The van der Waals surface area contributed by atoms with Crippen LogP contribution in [0.25, 0.3) is 0 Å². The van der Waals surface area contributed by atoms with Crippen molar-refractivity contribution in [2.24, 2.45) is 0 Å². The molecule has 1 aromatic rings. The number of benzene rings is 1. The fourth-order valence-corrected chi connectivity index (χ4v) is 3.40. The minimum absolute atomic E-state index is 0.140. The van der Waals surface area contributed by atoms with Crippen LogP contribution in [0.3, 0.4) is 0 Å². The molecule has 0 bridgehead atoms. The molecule has 0 spiro atoms. The molecule has 0 saturated heterocycles. The second kappa shape index (κ2) is 8.65. The van der Waals surface area contributed by atoms with Crippen LogP contribution >= 0.6 is 31.9 Å². The van der Waals surface area contributed by atoms with Crippen LogP contribution in [-0.2, 0) is 11.2 Å². The normalized spacial score (nSPS) is 16.6. The molecule has 0 aliphatic carbocycles. The number of ether oxygens (including phenoxy) is 3. The van der Waals surface area contributed by atoms with Crippen LogP contribution in [0, 0.1) is 0 Å². The molecule has 7 heteroatoms. The van der Waals surface area contributed by atoms with Gasteiger partial charge < -0.3 is 19.1 Å². The number of nitrogens with zero attached hydrogens (tertiary/aromatic N) is 1. The molecule has 0 N–H and O–H groups in total. The summed E-state index contributed by atoms with van der Waals surface area (Å²) in [5, 5.41) is 0. The second-order valence-electron chi connectivity index (χ2n) is 7.08. The van der Waals surface area contributed by atoms with Crippen LogP contribution in [0.5, 0.6) is 11.5 Å². The van der Waals surface area contributed by atoms with Crippen molar-refractivity contribution in [1.82, 2.24) is 4.90 Å². The molecule has 0 fully saturated rings. The highest BCUT2D eigenvalue weighted by Gasteiger charge is 2.34. The number of carbonyl (C=O) groups excluding carboxylic acids is 1. The lowest BCUT2D eigenvalue weighted by Crippen LogP contribution is -2.43. The van der Waals surface area contributed by atoms with Gasteiger partial charge in [0.2, 0.25) is 0 Å². The topological polar surface area (TPSA) is 48.0 Å². The SMILES string of the molecule is COc1cc2c(cc1OC)C(CC=C(Br)Br)N(C(=O)OC(C)(C)C)CC2. The van der Waals surface area contributed by atoms with Gasteiger partial charge in [0.15, 0.2) is 11.5 Å². The van der Waals surface area contributed by atoms with Crippen LogP contribution in [0.15, 0.2) is 21.6 Å². The third kappa shape index (κ3) is 5.16.